The van der Waals surface area contributed by atoms with Gasteiger partial charge in [0.25, 0.3) is 0 Å². The highest BCUT2D eigenvalue weighted by Gasteiger charge is 2.12. The lowest BCUT2D eigenvalue weighted by Crippen LogP contribution is -1.84. The molecular weight excluding hydrogens is 338 g/mol. The first-order valence-corrected chi connectivity index (χ1v) is 8.30. The fourth-order valence-electron chi connectivity index (χ4n) is 2.18. The van der Waals surface area contributed by atoms with E-state index in [4.69, 9.17) is 9.68 Å². The van der Waals surface area contributed by atoms with Gasteiger partial charge < -0.3 is 4.42 Å². The zero-order valence-corrected chi connectivity index (χ0v) is 13.6. The van der Waals surface area contributed by atoms with Gasteiger partial charge in [-0.25, -0.2) is 4.98 Å². The lowest BCUT2D eigenvalue weighted by Gasteiger charge is -1.96. The molecule has 0 atom stereocenters. The Hall–Kier alpha value is -3.38. The third-order valence-electron chi connectivity index (χ3n) is 3.41. The maximum Gasteiger partial charge on any atom is 0.209 e. The Bertz CT molecular complexity index is 1010. The normalized spacial score (nSPS) is 10.7. The van der Waals surface area contributed by atoms with Gasteiger partial charge in [-0.05, 0) is 36.4 Å². The van der Waals surface area contributed by atoms with Gasteiger partial charge in [-0.3, -0.25) is 10.2 Å². The number of nitriles is 1. The Morgan fingerprint density at radius 1 is 1.08 bits per heavy atom. The van der Waals surface area contributed by atoms with Crippen LogP contribution < -0.4 is 0 Å². The fourth-order valence-corrected chi connectivity index (χ4v) is 2.85. The summed E-state index contributed by atoms with van der Waals surface area (Å²) in [5.41, 5.74) is 1.50. The summed E-state index contributed by atoms with van der Waals surface area (Å²) in [5.74, 6) is 3.22. The highest BCUT2D eigenvalue weighted by atomic mass is 32.2. The molecule has 0 aliphatic carbocycles. The molecule has 4 rings (SSSR count). The average Bonchev–Trinajstić information content (AvgIpc) is 3.41. The highest BCUT2D eigenvalue weighted by molar-refractivity contribution is 7.98. The Morgan fingerprint density at radius 3 is 2.68 bits per heavy atom. The minimum atomic E-state index is 0.556. The van der Waals surface area contributed by atoms with Crippen molar-refractivity contribution in [3.8, 4) is 29.0 Å². The van der Waals surface area contributed by atoms with Gasteiger partial charge in [0.05, 0.1) is 17.4 Å². The number of aromatic amines is 2. The van der Waals surface area contributed by atoms with Crippen molar-refractivity contribution >= 4 is 11.8 Å². The molecule has 0 amide bonds. The summed E-state index contributed by atoms with van der Waals surface area (Å²) in [6.07, 6.45) is 1.47. The number of aromatic nitrogens is 6. The van der Waals surface area contributed by atoms with Crippen LogP contribution in [0.1, 0.15) is 11.4 Å². The van der Waals surface area contributed by atoms with E-state index < -0.39 is 0 Å². The van der Waals surface area contributed by atoms with Gasteiger partial charge in [-0.1, -0.05) is 11.8 Å². The summed E-state index contributed by atoms with van der Waals surface area (Å²) in [4.78, 5) is 8.47. The van der Waals surface area contributed by atoms with Crippen LogP contribution in [-0.4, -0.2) is 30.4 Å². The maximum absolute atomic E-state index is 8.85. The van der Waals surface area contributed by atoms with Crippen LogP contribution in [0.5, 0.6) is 0 Å². The number of nitrogens with one attached hydrogen (secondary N) is 2. The molecule has 0 aliphatic heterocycles. The first-order valence-electron chi connectivity index (χ1n) is 7.32. The van der Waals surface area contributed by atoms with Gasteiger partial charge in [-0.15, -0.1) is 5.10 Å². The third kappa shape index (κ3) is 3.29. The van der Waals surface area contributed by atoms with E-state index in [2.05, 4.69) is 36.4 Å². The van der Waals surface area contributed by atoms with Crippen LogP contribution in [0, 0.1) is 11.3 Å². The quantitative estimate of drug-likeness (QED) is 0.531. The van der Waals surface area contributed by atoms with Crippen molar-refractivity contribution in [1.82, 2.24) is 30.4 Å². The van der Waals surface area contributed by atoms with Crippen LogP contribution in [0.2, 0.25) is 0 Å². The van der Waals surface area contributed by atoms with Crippen molar-refractivity contribution < 1.29 is 4.42 Å². The van der Waals surface area contributed by atoms with Gasteiger partial charge in [0.1, 0.15) is 17.9 Å². The number of rotatable bonds is 5. The molecule has 0 saturated heterocycles. The topological polar surface area (TPSA) is 120 Å². The van der Waals surface area contributed by atoms with Crippen LogP contribution in [-0.2, 0) is 5.75 Å². The summed E-state index contributed by atoms with van der Waals surface area (Å²) in [6, 6.07) is 13.0. The molecule has 4 aromatic rings. The molecule has 0 aliphatic rings. The van der Waals surface area contributed by atoms with Crippen LogP contribution in [0.4, 0.5) is 0 Å². The number of H-pyrrole nitrogens is 2. The monoisotopic (exact) mass is 349 g/mol. The molecule has 25 heavy (non-hydrogen) atoms. The molecule has 3 heterocycles. The van der Waals surface area contributed by atoms with E-state index in [1.165, 1.54) is 18.1 Å². The minimum Gasteiger partial charge on any atom is -0.453 e. The zero-order valence-electron chi connectivity index (χ0n) is 12.8. The van der Waals surface area contributed by atoms with Crippen LogP contribution in [0.15, 0.2) is 52.3 Å². The molecular formula is C16H11N7OS. The predicted octanol–water partition coefficient (Wildman–Crippen LogP) is 3.01. The lowest BCUT2D eigenvalue weighted by atomic mass is 10.1. The van der Waals surface area contributed by atoms with Crippen molar-refractivity contribution in [3.63, 3.8) is 0 Å². The molecule has 0 radical (unpaired) electrons. The third-order valence-corrected chi connectivity index (χ3v) is 4.26. The molecule has 8 nitrogen and oxygen atoms in total. The van der Waals surface area contributed by atoms with E-state index in [-0.39, 0.29) is 0 Å². The summed E-state index contributed by atoms with van der Waals surface area (Å²) < 4.78 is 5.84. The molecule has 122 valence electrons. The molecule has 1 aromatic carbocycles. The summed E-state index contributed by atoms with van der Waals surface area (Å²) >= 11 is 1.44. The number of nitrogens with zero attached hydrogens (tertiary/aromatic N) is 5. The van der Waals surface area contributed by atoms with Crippen molar-refractivity contribution in [2.45, 2.75) is 10.9 Å². The van der Waals surface area contributed by atoms with Crippen molar-refractivity contribution in [2.75, 3.05) is 0 Å². The van der Waals surface area contributed by atoms with Gasteiger partial charge in [0.15, 0.2) is 11.6 Å². The number of furan rings is 1. The second-order valence-corrected chi connectivity index (χ2v) is 5.98. The van der Waals surface area contributed by atoms with Crippen LogP contribution in [0.3, 0.4) is 0 Å². The molecule has 0 fully saturated rings. The molecule has 3 aromatic heterocycles. The maximum atomic E-state index is 8.85. The second kappa shape index (κ2) is 6.62. The van der Waals surface area contributed by atoms with Crippen molar-refractivity contribution in [1.29, 1.82) is 5.26 Å². The number of benzene rings is 1. The molecule has 0 spiro atoms. The summed E-state index contributed by atoms with van der Waals surface area (Å²) in [5, 5.41) is 23.1. The van der Waals surface area contributed by atoms with E-state index in [0.717, 1.165) is 11.4 Å². The van der Waals surface area contributed by atoms with Gasteiger partial charge in [0.2, 0.25) is 5.16 Å². The Morgan fingerprint density at radius 2 is 1.92 bits per heavy atom. The first kappa shape index (κ1) is 15.2. The van der Waals surface area contributed by atoms with E-state index in [1.54, 1.807) is 12.1 Å². The Kier molecular flexibility index (Phi) is 4.02. The van der Waals surface area contributed by atoms with Crippen LogP contribution >= 0.6 is 11.8 Å². The number of hydrogen-bond acceptors (Lipinski definition) is 7. The van der Waals surface area contributed by atoms with Gasteiger partial charge >= 0.3 is 0 Å². The summed E-state index contributed by atoms with van der Waals surface area (Å²) in [6.45, 7) is 0. The van der Waals surface area contributed by atoms with E-state index >= 15 is 0 Å². The van der Waals surface area contributed by atoms with E-state index in [1.807, 2.05) is 24.3 Å². The standard InChI is InChI=1S/C16H11N7OS/c17-7-10-1-3-11(4-2-10)12-5-6-13(24-12)15-20-16(23-22-15)25-8-14-18-9-19-21-14/h1-6,9H,8H2,(H,18,19,21)(H,20,22,23). The number of hydrogen-bond donors (Lipinski definition) is 2. The molecule has 0 unspecified atom stereocenters. The molecule has 0 saturated carbocycles. The van der Waals surface area contributed by atoms with Gasteiger partial charge in [-0.2, -0.15) is 15.3 Å². The Labute approximate surface area is 146 Å². The predicted molar refractivity (Wildman–Crippen MR) is 90.2 cm³/mol. The fraction of sp³-hybridized carbons (Fsp3) is 0.0625. The molecule has 2 N–H and O–H groups in total. The largest absolute Gasteiger partial charge is 0.453 e. The second-order valence-electron chi connectivity index (χ2n) is 5.04. The Balaban J connectivity index is 1.49. The average molecular weight is 349 g/mol. The van der Waals surface area contributed by atoms with Gasteiger partial charge in [0, 0.05) is 5.56 Å². The smallest absolute Gasteiger partial charge is 0.209 e. The number of thioether (sulfide) groups is 1. The first-order chi connectivity index (χ1) is 12.3. The minimum absolute atomic E-state index is 0.556. The molecule has 9 heteroatoms. The van der Waals surface area contributed by atoms with Crippen LogP contribution in [0.25, 0.3) is 22.9 Å². The summed E-state index contributed by atoms with van der Waals surface area (Å²) in [7, 11) is 0. The zero-order chi connectivity index (χ0) is 17.1. The SMILES string of the molecule is N#Cc1ccc(-c2ccc(-c3nc(SCc4ncn[nH]4)n[nH]3)o2)cc1. The highest BCUT2D eigenvalue weighted by Crippen LogP contribution is 2.28. The van der Waals surface area contributed by atoms with E-state index in [0.29, 0.717) is 33.8 Å². The van der Waals surface area contributed by atoms with E-state index in [9.17, 15) is 0 Å². The lowest BCUT2D eigenvalue weighted by molar-refractivity contribution is 0.592. The van der Waals surface area contributed by atoms with Crippen molar-refractivity contribution in [2.24, 2.45) is 0 Å². The molecule has 0 bridgehead atoms. The van der Waals surface area contributed by atoms with Crippen molar-refractivity contribution in [3.05, 3.63) is 54.1 Å².